The Labute approximate surface area is 187 Å². The van der Waals surface area contributed by atoms with Gasteiger partial charge in [0, 0.05) is 26.2 Å². The zero-order valence-corrected chi connectivity index (χ0v) is 20.2. The molecule has 0 aliphatic carbocycles. The summed E-state index contributed by atoms with van der Waals surface area (Å²) in [7, 11) is -7.85. The molecule has 14 heteroatoms. The van der Waals surface area contributed by atoms with Crippen molar-refractivity contribution in [3.05, 3.63) is 22.9 Å². The summed E-state index contributed by atoms with van der Waals surface area (Å²) in [6, 6.07) is -1.06. The van der Waals surface area contributed by atoms with Gasteiger partial charge in [-0.3, -0.25) is 4.79 Å². The number of hydrogen-bond donors (Lipinski definition) is 1. The van der Waals surface area contributed by atoms with Crippen LogP contribution in [0.5, 0.6) is 0 Å². The van der Waals surface area contributed by atoms with Crippen molar-refractivity contribution in [2.45, 2.75) is 56.9 Å². The maximum absolute atomic E-state index is 13.1. The summed E-state index contributed by atoms with van der Waals surface area (Å²) >= 11 is 0. The van der Waals surface area contributed by atoms with Crippen molar-refractivity contribution in [2.75, 3.05) is 26.2 Å². The Morgan fingerprint density at radius 1 is 0.906 bits per heavy atom. The van der Waals surface area contributed by atoms with E-state index in [1.54, 1.807) is 6.92 Å². The number of carbonyl (C=O) groups is 1. The smallest absolute Gasteiger partial charge is 0.248 e. The van der Waals surface area contributed by atoms with Crippen LogP contribution in [-0.2, 0) is 24.8 Å². The van der Waals surface area contributed by atoms with Crippen LogP contribution in [0.15, 0.2) is 18.8 Å². The van der Waals surface area contributed by atoms with Gasteiger partial charge in [-0.2, -0.15) is 9.03 Å². The van der Waals surface area contributed by atoms with Crippen molar-refractivity contribution in [1.29, 1.82) is 0 Å². The largest absolute Gasteiger partial charge is 0.360 e. The zero-order chi connectivity index (χ0) is 23.8. The number of aryl methyl sites for hydroxylation is 4. The summed E-state index contributed by atoms with van der Waals surface area (Å²) in [4.78, 5) is 14.3. The molecule has 3 heterocycles. The first-order chi connectivity index (χ1) is 14.9. The minimum Gasteiger partial charge on any atom is -0.360 e. The Hall–Kier alpha value is -2.29. The SMILES string of the molecule is Cc1noc(C)c1S(=O)(=O)N[C@@H](C)C(=O)N1CCCN(S(=O)(=O)c2c(C)noc2C)CC1. The minimum atomic E-state index is -4.02. The topological polar surface area (TPSA) is 156 Å². The van der Waals surface area contributed by atoms with E-state index in [9.17, 15) is 21.6 Å². The molecule has 1 atom stereocenters. The van der Waals surface area contributed by atoms with Crippen molar-refractivity contribution in [2.24, 2.45) is 0 Å². The van der Waals surface area contributed by atoms with Crippen molar-refractivity contribution in [1.82, 2.24) is 24.2 Å². The van der Waals surface area contributed by atoms with Gasteiger partial charge in [-0.1, -0.05) is 10.3 Å². The molecule has 0 spiro atoms. The zero-order valence-electron chi connectivity index (χ0n) is 18.6. The Morgan fingerprint density at radius 3 is 2.00 bits per heavy atom. The molecule has 0 aromatic carbocycles. The summed E-state index contributed by atoms with van der Waals surface area (Å²) in [6.07, 6.45) is 0.400. The van der Waals surface area contributed by atoms with E-state index >= 15 is 0 Å². The minimum absolute atomic E-state index is 0.0397. The van der Waals surface area contributed by atoms with Crippen molar-refractivity contribution < 1.29 is 30.7 Å². The Morgan fingerprint density at radius 2 is 1.47 bits per heavy atom. The third-order valence-electron chi connectivity index (χ3n) is 5.27. The number of nitrogens with one attached hydrogen (secondary N) is 1. The lowest BCUT2D eigenvalue weighted by Gasteiger charge is -2.25. The molecule has 2 aromatic rings. The maximum atomic E-state index is 13.1. The van der Waals surface area contributed by atoms with Gasteiger partial charge in [-0.25, -0.2) is 16.8 Å². The molecular formula is C18H27N5O7S2. The highest BCUT2D eigenvalue weighted by atomic mass is 32.2. The van der Waals surface area contributed by atoms with Gasteiger partial charge in [0.05, 0.1) is 6.04 Å². The second-order valence-corrected chi connectivity index (χ2v) is 11.3. The fourth-order valence-corrected chi connectivity index (χ4v) is 7.09. The summed E-state index contributed by atoms with van der Waals surface area (Å²) in [5.74, 6) is -0.108. The number of sulfonamides is 2. The molecule has 1 fully saturated rings. The predicted molar refractivity (Wildman–Crippen MR) is 112 cm³/mol. The van der Waals surface area contributed by atoms with E-state index in [0.717, 1.165) is 0 Å². The van der Waals surface area contributed by atoms with Crippen LogP contribution < -0.4 is 4.72 Å². The lowest BCUT2D eigenvalue weighted by molar-refractivity contribution is -0.132. The standard InChI is InChI=1S/C18H27N5O7S2/c1-11-16(14(4)29-19-11)31(25,26)21-13(3)18(24)22-7-6-8-23(10-9-22)32(27,28)17-12(2)20-30-15(17)5/h13,21H,6-10H2,1-5H3/t13-/m0/s1. The molecule has 1 amide bonds. The lowest BCUT2D eigenvalue weighted by atomic mass is 10.3. The summed E-state index contributed by atoms with van der Waals surface area (Å²) in [5, 5.41) is 7.35. The van der Waals surface area contributed by atoms with Crippen molar-refractivity contribution in [3.63, 3.8) is 0 Å². The van der Waals surface area contributed by atoms with E-state index in [0.29, 0.717) is 13.0 Å². The van der Waals surface area contributed by atoms with Gasteiger partial charge in [-0.15, -0.1) is 0 Å². The molecule has 1 N–H and O–H groups in total. The Kier molecular flexibility index (Phi) is 6.79. The predicted octanol–water partition coefficient (Wildman–Crippen LogP) is 0.486. The fraction of sp³-hybridized carbons (Fsp3) is 0.611. The molecule has 1 aliphatic heterocycles. The fourth-order valence-electron chi connectivity index (χ4n) is 3.80. The van der Waals surface area contributed by atoms with E-state index in [2.05, 4.69) is 15.0 Å². The molecule has 32 heavy (non-hydrogen) atoms. The van der Waals surface area contributed by atoms with Gasteiger partial charge in [-0.05, 0) is 41.0 Å². The summed E-state index contributed by atoms with van der Waals surface area (Å²) in [6.45, 7) is 8.22. The van der Waals surface area contributed by atoms with Crippen LogP contribution >= 0.6 is 0 Å². The first kappa shape index (κ1) is 24.4. The second kappa shape index (κ2) is 8.92. The first-order valence-electron chi connectivity index (χ1n) is 10.0. The molecule has 1 saturated heterocycles. The van der Waals surface area contributed by atoms with Crippen molar-refractivity contribution in [3.8, 4) is 0 Å². The molecule has 3 rings (SSSR count). The highest BCUT2D eigenvalue weighted by Crippen LogP contribution is 2.24. The lowest BCUT2D eigenvalue weighted by Crippen LogP contribution is -2.48. The van der Waals surface area contributed by atoms with E-state index in [1.807, 2.05) is 0 Å². The molecule has 0 bridgehead atoms. The van der Waals surface area contributed by atoms with Gasteiger partial charge < -0.3 is 13.9 Å². The normalized spacial score (nSPS) is 17.3. The molecule has 0 unspecified atom stereocenters. The molecule has 0 saturated carbocycles. The van der Waals surface area contributed by atoms with Gasteiger partial charge in [0.1, 0.15) is 21.2 Å². The first-order valence-corrected chi connectivity index (χ1v) is 13.0. The van der Waals surface area contributed by atoms with Gasteiger partial charge in [0.25, 0.3) is 0 Å². The van der Waals surface area contributed by atoms with E-state index in [4.69, 9.17) is 9.05 Å². The van der Waals surface area contributed by atoms with Crippen molar-refractivity contribution >= 4 is 26.0 Å². The number of amides is 1. The van der Waals surface area contributed by atoms with Crippen LogP contribution in [0.1, 0.15) is 36.3 Å². The maximum Gasteiger partial charge on any atom is 0.248 e. The molecule has 1 aliphatic rings. The summed E-state index contributed by atoms with van der Waals surface area (Å²) in [5.41, 5.74) is 0.478. The molecular weight excluding hydrogens is 462 g/mol. The molecule has 178 valence electrons. The average molecular weight is 490 g/mol. The Bertz CT molecular complexity index is 1180. The molecule has 2 aromatic heterocycles. The highest BCUT2D eigenvalue weighted by molar-refractivity contribution is 7.89. The number of nitrogens with zero attached hydrogens (tertiary/aromatic N) is 4. The second-order valence-electron chi connectivity index (χ2n) is 7.73. The number of rotatable bonds is 6. The van der Waals surface area contributed by atoms with Crippen LogP contribution in [0, 0.1) is 27.7 Å². The van der Waals surface area contributed by atoms with E-state index in [1.165, 1.54) is 36.9 Å². The van der Waals surface area contributed by atoms with Gasteiger partial charge >= 0.3 is 0 Å². The monoisotopic (exact) mass is 489 g/mol. The van der Waals surface area contributed by atoms with Gasteiger partial charge in [0.15, 0.2) is 11.5 Å². The number of carbonyl (C=O) groups excluding carboxylic acids is 1. The highest BCUT2D eigenvalue weighted by Gasteiger charge is 2.35. The van der Waals surface area contributed by atoms with Crippen LogP contribution in [0.2, 0.25) is 0 Å². The molecule has 12 nitrogen and oxygen atoms in total. The Balaban J connectivity index is 1.70. The van der Waals surface area contributed by atoms with Crippen LogP contribution in [0.3, 0.4) is 0 Å². The summed E-state index contributed by atoms with van der Waals surface area (Å²) < 4.78 is 65.1. The van der Waals surface area contributed by atoms with Crippen LogP contribution in [0.25, 0.3) is 0 Å². The van der Waals surface area contributed by atoms with E-state index in [-0.39, 0.29) is 52.3 Å². The third kappa shape index (κ3) is 4.58. The average Bonchev–Trinajstić information content (AvgIpc) is 3.10. The van der Waals surface area contributed by atoms with E-state index < -0.39 is 32.0 Å². The van der Waals surface area contributed by atoms with Gasteiger partial charge in [0.2, 0.25) is 26.0 Å². The van der Waals surface area contributed by atoms with Crippen LogP contribution in [0.4, 0.5) is 0 Å². The quantitative estimate of drug-likeness (QED) is 0.610. The third-order valence-corrected chi connectivity index (χ3v) is 9.20. The number of aromatic nitrogens is 2. The van der Waals surface area contributed by atoms with Crippen LogP contribution in [-0.4, -0.2) is 74.5 Å². The number of hydrogen-bond acceptors (Lipinski definition) is 9. The molecule has 0 radical (unpaired) electrons.